The third kappa shape index (κ3) is 3.74. The lowest BCUT2D eigenvalue weighted by atomic mass is 9.52. The summed E-state index contributed by atoms with van der Waals surface area (Å²) in [6.07, 6.45) is -3.32. The van der Waals surface area contributed by atoms with Crippen LogP contribution in [0.15, 0.2) is 48.7 Å². The molecule has 51 heavy (non-hydrogen) atoms. The van der Waals surface area contributed by atoms with Gasteiger partial charge < -0.3 is 49.6 Å². The molecule has 0 unspecified atom stereocenters. The fourth-order valence-electron chi connectivity index (χ4n) is 10.9. The number of aromatic nitrogens is 1. The third-order valence-corrected chi connectivity index (χ3v) is 13.3. The van der Waals surface area contributed by atoms with Gasteiger partial charge in [0.2, 0.25) is 0 Å². The molecule has 3 heterocycles. The van der Waals surface area contributed by atoms with Gasteiger partial charge in [-0.3, -0.25) is 9.59 Å². The summed E-state index contributed by atoms with van der Waals surface area (Å²) in [5.41, 5.74) is -14.5. The number of nitrogens with one attached hydrogen (secondary N) is 2. The van der Waals surface area contributed by atoms with Crippen molar-refractivity contribution in [2.24, 2.45) is 22.7 Å². The van der Waals surface area contributed by atoms with E-state index < -0.39 is 112 Å². The molecule has 4 saturated carbocycles. The van der Waals surface area contributed by atoms with Crippen LogP contribution in [0.5, 0.6) is 0 Å². The number of carbonyl (C=O) groups is 4. The fraction of sp³-hybridized carbons (Fsp3) is 0.611. The zero-order valence-corrected chi connectivity index (χ0v) is 29.0. The van der Waals surface area contributed by atoms with E-state index in [1.54, 1.807) is 45.0 Å². The first kappa shape index (κ1) is 35.5. The van der Waals surface area contributed by atoms with Crippen LogP contribution < -0.4 is 5.48 Å². The number of amides is 1. The molecular weight excluding hydrogens is 668 g/mol. The summed E-state index contributed by atoms with van der Waals surface area (Å²) in [6, 6.07) is 10.9. The molecule has 6 bridgehead atoms. The number of hydrogen-bond donors (Lipinski definition) is 7. The molecule has 1 spiro atoms. The van der Waals surface area contributed by atoms with E-state index >= 15 is 0 Å². The van der Waals surface area contributed by atoms with Crippen molar-refractivity contribution in [1.29, 1.82) is 0 Å². The van der Waals surface area contributed by atoms with Gasteiger partial charge in [0.25, 0.3) is 5.91 Å². The number of ether oxygens (including phenoxy) is 3. The van der Waals surface area contributed by atoms with Crippen molar-refractivity contribution in [1.82, 2.24) is 10.5 Å². The van der Waals surface area contributed by atoms with Crippen LogP contribution in [0.2, 0.25) is 0 Å². The van der Waals surface area contributed by atoms with Crippen molar-refractivity contribution < 1.29 is 63.8 Å². The zero-order valence-electron chi connectivity index (χ0n) is 29.0. The fourth-order valence-corrected chi connectivity index (χ4v) is 10.9. The van der Waals surface area contributed by atoms with Crippen LogP contribution in [-0.4, -0.2) is 100 Å². The number of hydroxylamine groups is 1. The number of esters is 2. The number of aliphatic hydroxyl groups is 5. The summed E-state index contributed by atoms with van der Waals surface area (Å²) >= 11 is 0. The number of aromatic amines is 1. The molecule has 0 radical (unpaired) electrons. The van der Waals surface area contributed by atoms with E-state index in [2.05, 4.69) is 4.98 Å². The van der Waals surface area contributed by atoms with Gasteiger partial charge in [0, 0.05) is 24.5 Å². The molecule has 276 valence electrons. The topological polar surface area (TPSA) is 234 Å². The van der Waals surface area contributed by atoms with Crippen molar-refractivity contribution >= 4 is 23.8 Å². The Morgan fingerprint density at radius 2 is 1.65 bits per heavy atom. The van der Waals surface area contributed by atoms with Gasteiger partial charge >= 0.3 is 17.9 Å². The first-order chi connectivity index (χ1) is 23.8. The number of rotatable bonds is 8. The first-order valence-electron chi connectivity index (χ1n) is 17.2. The van der Waals surface area contributed by atoms with E-state index in [9.17, 15) is 44.7 Å². The smallest absolute Gasteiger partial charge is 0.362 e. The summed E-state index contributed by atoms with van der Waals surface area (Å²) in [5.74, 6) is -7.52. The average Bonchev–Trinajstić information content (AvgIpc) is 3.72. The Morgan fingerprint density at radius 3 is 2.27 bits per heavy atom. The molecule has 6 aliphatic rings. The number of benzene rings is 1. The van der Waals surface area contributed by atoms with Crippen LogP contribution in [0.25, 0.3) is 0 Å². The lowest BCUT2D eigenvalue weighted by Gasteiger charge is -2.61. The molecule has 8 rings (SSSR count). The SMILES string of the molecule is CC(C)[C@@]1(O)[C@@H](OC(=O)c2ccc[nH]2)[C@@]2(O)[C@@]3(C)C[C@]4(O)O[C@@]5([C@H](OC(=O)CCC(=O)NOC(=O)c6ccccc6)[C@@H](C)CC[C@]35O)[C@@]2(O)[C@]14C. The molecule has 1 aromatic heterocycles. The Hall–Kier alpha value is -3.86. The molecule has 7 N–H and O–H groups in total. The molecule has 11 atom stereocenters. The third-order valence-electron chi connectivity index (χ3n) is 13.3. The summed E-state index contributed by atoms with van der Waals surface area (Å²) in [4.78, 5) is 59.3. The van der Waals surface area contributed by atoms with Gasteiger partial charge in [-0.2, -0.15) is 5.48 Å². The molecule has 15 nitrogen and oxygen atoms in total. The zero-order chi connectivity index (χ0) is 37.2. The number of hydrogen-bond acceptors (Lipinski definition) is 13. The highest BCUT2D eigenvalue weighted by atomic mass is 16.7. The second-order valence-corrected chi connectivity index (χ2v) is 15.6. The molecule has 1 aromatic carbocycles. The maximum atomic E-state index is 13.5. The Bertz CT molecular complexity index is 1790. The van der Waals surface area contributed by atoms with Crippen molar-refractivity contribution in [2.45, 2.75) is 113 Å². The van der Waals surface area contributed by atoms with E-state index in [-0.39, 0.29) is 24.1 Å². The van der Waals surface area contributed by atoms with Crippen molar-refractivity contribution in [3.63, 3.8) is 0 Å². The molecule has 2 aliphatic heterocycles. The summed E-state index contributed by atoms with van der Waals surface area (Å²) in [7, 11) is 0. The predicted octanol–water partition coefficient (Wildman–Crippen LogP) is 1.03. The Kier molecular flexibility index (Phi) is 7.55. The normalized spacial score (nSPS) is 44.3. The van der Waals surface area contributed by atoms with Crippen LogP contribution >= 0.6 is 0 Å². The lowest BCUT2D eigenvalue weighted by molar-refractivity contribution is -0.390. The van der Waals surface area contributed by atoms with E-state index in [0.29, 0.717) is 0 Å². The number of carbonyl (C=O) groups excluding carboxylic acids is 4. The molecule has 2 saturated heterocycles. The van der Waals surface area contributed by atoms with Gasteiger partial charge in [-0.25, -0.2) is 9.59 Å². The second-order valence-electron chi connectivity index (χ2n) is 15.6. The molecule has 4 aliphatic carbocycles. The van der Waals surface area contributed by atoms with Gasteiger partial charge in [-0.1, -0.05) is 45.9 Å². The van der Waals surface area contributed by atoms with E-state index in [1.807, 2.05) is 5.48 Å². The van der Waals surface area contributed by atoms with Crippen molar-refractivity contribution in [3.8, 4) is 0 Å². The molecule has 15 heteroatoms. The Morgan fingerprint density at radius 1 is 0.961 bits per heavy atom. The van der Waals surface area contributed by atoms with Crippen molar-refractivity contribution in [2.75, 3.05) is 0 Å². The van der Waals surface area contributed by atoms with Crippen molar-refractivity contribution in [3.05, 3.63) is 59.9 Å². The minimum Gasteiger partial charge on any atom is -0.459 e. The average molecular weight is 713 g/mol. The van der Waals surface area contributed by atoms with Crippen LogP contribution in [0, 0.1) is 22.7 Å². The van der Waals surface area contributed by atoms with Crippen LogP contribution in [0.4, 0.5) is 0 Å². The minimum atomic E-state index is -2.80. The predicted molar refractivity (Wildman–Crippen MR) is 172 cm³/mol. The lowest BCUT2D eigenvalue weighted by Crippen LogP contribution is -2.75. The first-order valence-corrected chi connectivity index (χ1v) is 17.2. The minimum absolute atomic E-state index is 0.00509. The second kappa shape index (κ2) is 10.8. The highest BCUT2D eigenvalue weighted by molar-refractivity contribution is 5.90. The quantitative estimate of drug-likeness (QED) is 0.115. The standard InChI is InChI=1S/C36H44N2O13/c1-19(2)33(45)28(49-27(42)22-12-9-17-37-22)34(46)29(4)18-32(44)30(33,5)36(34,47)35(51-32)25(20(3)15-16-31(29,35)43)48-24(40)14-13-23(39)38-50-26(41)21-10-7-6-8-11-21/h6-12,17,19-20,25,28,37,43-47H,13-16,18H2,1-5H3,(H,38,39)/t20-,25+,28+,29-,30-,31-,32-,33+,34+,35+,36+/m0/s1. The largest absolute Gasteiger partial charge is 0.459 e. The summed E-state index contributed by atoms with van der Waals surface area (Å²) in [5, 5.41) is 64.9. The maximum Gasteiger partial charge on any atom is 0.362 e. The summed E-state index contributed by atoms with van der Waals surface area (Å²) < 4.78 is 18.4. The monoisotopic (exact) mass is 712 g/mol. The Balaban J connectivity index is 1.24. The molecule has 2 aromatic rings. The van der Waals surface area contributed by atoms with E-state index in [1.165, 1.54) is 38.2 Å². The van der Waals surface area contributed by atoms with Gasteiger partial charge in [-0.15, -0.1) is 0 Å². The highest BCUT2D eigenvalue weighted by Gasteiger charge is 3.10. The Labute approximate surface area is 293 Å². The van der Waals surface area contributed by atoms with Crippen LogP contribution in [-0.2, 0) is 28.6 Å². The van der Waals surface area contributed by atoms with Gasteiger partial charge in [0.05, 0.1) is 17.4 Å². The maximum absolute atomic E-state index is 13.5. The van der Waals surface area contributed by atoms with E-state index in [0.717, 1.165) is 0 Å². The highest BCUT2D eigenvalue weighted by Crippen LogP contribution is 2.90. The van der Waals surface area contributed by atoms with Crippen LogP contribution in [0.1, 0.15) is 87.6 Å². The van der Waals surface area contributed by atoms with Crippen LogP contribution in [0.3, 0.4) is 0 Å². The summed E-state index contributed by atoms with van der Waals surface area (Å²) in [6.45, 7) is 7.63. The molecule has 1 amide bonds. The van der Waals surface area contributed by atoms with E-state index in [4.69, 9.17) is 19.0 Å². The number of H-pyrrole nitrogens is 1. The molecular formula is C36H44N2O13. The van der Waals surface area contributed by atoms with Gasteiger partial charge in [-0.05, 0) is 55.9 Å². The van der Waals surface area contributed by atoms with Gasteiger partial charge in [0.1, 0.15) is 34.2 Å². The van der Waals surface area contributed by atoms with Gasteiger partial charge in [0.15, 0.2) is 17.5 Å². The molecule has 6 fully saturated rings.